The summed E-state index contributed by atoms with van der Waals surface area (Å²) in [6.45, 7) is 4.52. The number of carbonyl (C=O) groups excluding carboxylic acids is 3. The topological polar surface area (TPSA) is 103 Å². The summed E-state index contributed by atoms with van der Waals surface area (Å²) < 4.78 is 4.82. The molecule has 0 radical (unpaired) electrons. The lowest BCUT2D eigenvalue weighted by atomic mass is 9.99. The molecule has 206 valence electrons. The van der Waals surface area contributed by atoms with Gasteiger partial charge in [0.2, 0.25) is 0 Å². The van der Waals surface area contributed by atoms with Crippen LogP contribution in [0, 0.1) is 0 Å². The number of nitrogens with zero attached hydrogens (tertiary/aromatic N) is 2. The number of fused-ring (bicyclic) bond motifs is 1. The molecule has 40 heavy (non-hydrogen) atoms. The molecule has 1 fully saturated rings. The molecule has 5 rings (SSSR count). The van der Waals surface area contributed by atoms with Crippen LogP contribution in [0.15, 0.2) is 72.8 Å². The van der Waals surface area contributed by atoms with Crippen molar-refractivity contribution in [2.45, 2.75) is 0 Å². The number of likely N-dealkylation sites (N-methyl/N-ethyl adjacent to an activating group) is 1. The molecule has 2 heterocycles. The molecule has 2 aliphatic rings. The van der Waals surface area contributed by atoms with Crippen molar-refractivity contribution in [3.63, 3.8) is 0 Å². The molecule has 3 aromatic carbocycles. The van der Waals surface area contributed by atoms with E-state index in [9.17, 15) is 14.4 Å². The van der Waals surface area contributed by atoms with Gasteiger partial charge in [0.15, 0.2) is 5.78 Å². The summed E-state index contributed by atoms with van der Waals surface area (Å²) in [6.07, 6.45) is 0. The van der Waals surface area contributed by atoms with Crippen LogP contribution in [0.4, 0.5) is 17.1 Å². The summed E-state index contributed by atoms with van der Waals surface area (Å²) in [4.78, 5) is 42.1. The first-order valence-electron chi connectivity index (χ1n) is 13.3. The van der Waals surface area contributed by atoms with Gasteiger partial charge in [0.05, 0.1) is 42.7 Å². The largest absolute Gasteiger partial charge is 0.465 e. The van der Waals surface area contributed by atoms with Crippen LogP contribution >= 0.6 is 0 Å². The molecule has 0 spiro atoms. The number of hydrogen-bond donors (Lipinski definition) is 3. The highest BCUT2D eigenvalue weighted by Crippen LogP contribution is 2.38. The van der Waals surface area contributed by atoms with Gasteiger partial charge in [-0.25, -0.2) is 4.79 Å². The molecular weight excluding hydrogens is 506 g/mol. The Morgan fingerprint density at radius 2 is 1.60 bits per heavy atom. The van der Waals surface area contributed by atoms with Crippen molar-refractivity contribution in [3.05, 3.63) is 89.5 Å². The van der Waals surface area contributed by atoms with E-state index in [1.165, 1.54) is 7.11 Å². The summed E-state index contributed by atoms with van der Waals surface area (Å²) in [5.41, 5.74) is 5.20. The zero-order valence-electron chi connectivity index (χ0n) is 22.7. The minimum Gasteiger partial charge on any atom is -0.465 e. The van der Waals surface area contributed by atoms with Crippen molar-refractivity contribution in [2.75, 3.05) is 69.4 Å². The standard InChI is InChI=1S/C31H33N5O4/c1-35-14-16-36(17-15-35)20-25(37)19-32-23-9-11-24(12-10-23)33-29(21-6-4-3-5-7-21)28-26-13-8-22(31(39)40-2)18-27(26)34-30(28)38/h3-13,18,32-33H,14-17,19-20H2,1-2H3,(H,34,38)/b29-28-. The predicted molar refractivity (Wildman–Crippen MR) is 157 cm³/mol. The van der Waals surface area contributed by atoms with Crippen molar-refractivity contribution in [1.29, 1.82) is 0 Å². The Hall–Kier alpha value is -4.47. The third kappa shape index (κ3) is 6.22. The normalized spacial score (nSPS) is 16.6. The van der Waals surface area contributed by atoms with Crippen LogP contribution < -0.4 is 16.0 Å². The predicted octanol–water partition coefficient (Wildman–Crippen LogP) is 3.63. The molecule has 9 heteroatoms. The number of ether oxygens (including phenoxy) is 1. The quantitative estimate of drug-likeness (QED) is 0.280. The maximum atomic E-state index is 13.2. The Bertz CT molecular complexity index is 1430. The summed E-state index contributed by atoms with van der Waals surface area (Å²) >= 11 is 0. The van der Waals surface area contributed by atoms with E-state index in [0.29, 0.717) is 34.6 Å². The van der Waals surface area contributed by atoms with Gasteiger partial charge in [0, 0.05) is 43.1 Å². The van der Waals surface area contributed by atoms with E-state index in [-0.39, 0.29) is 18.2 Å². The molecular formula is C31H33N5O4. The number of rotatable bonds is 9. The first kappa shape index (κ1) is 27.1. The van der Waals surface area contributed by atoms with Gasteiger partial charge in [-0.1, -0.05) is 36.4 Å². The first-order chi connectivity index (χ1) is 19.4. The minimum atomic E-state index is -0.467. The van der Waals surface area contributed by atoms with E-state index in [2.05, 4.69) is 32.8 Å². The number of carbonyl (C=O) groups is 3. The Balaban J connectivity index is 1.32. The van der Waals surface area contributed by atoms with E-state index in [4.69, 9.17) is 4.74 Å². The van der Waals surface area contributed by atoms with Crippen molar-refractivity contribution < 1.29 is 19.1 Å². The van der Waals surface area contributed by atoms with Gasteiger partial charge in [-0.05, 0) is 49.0 Å². The highest BCUT2D eigenvalue weighted by molar-refractivity contribution is 6.37. The molecule has 1 amide bonds. The van der Waals surface area contributed by atoms with Crippen LogP contribution in [0.1, 0.15) is 21.5 Å². The molecule has 0 unspecified atom stereocenters. The summed E-state index contributed by atoms with van der Waals surface area (Å²) in [5, 5.41) is 9.53. The number of nitrogens with one attached hydrogen (secondary N) is 3. The molecule has 0 saturated carbocycles. The van der Waals surface area contributed by atoms with E-state index >= 15 is 0 Å². The molecule has 3 aromatic rings. The molecule has 0 bridgehead atoms. The van der Waals surface area contributed by atoms with Gasteiger partial charge in [-0.2, -0.15) is 0 Å². The van der Waals surface area contributed by atoms with Gasteiger partial charge >= 0.3 is 5.97 Å². The maximum Gasteiger partial charge on any atom is 0.337 e. The summed E-state index contributed by atoms with van der Waals surface area (Å²) in [5.74, 6) is -0.574. The van der Waals surface area contributed by atoms with Crippen LogP contribution in [0.25, 0.3) is 11.3 Å². The van der Waals surface area contributed by atoms with Crippen LogP contribution in [-0.4, -0.2) is 80.9 Å². The highest BCUT2D eigenvalue weighted by Gasteiger charge is 2.29. The van der Waals surface area contributed by atoms with Crippen molar-refractivity contribution in [1.82, 2.24) is 9.80 Å². The number of ketones is 1. The number of methoxy groups -OCH3 is 1. The summed E-state index contributed by atoms with van der Waals surface area (Å²) in [6, 6.07) is 22.3. The molecule has 0 aromatic heterocycles. The van der Waals surface area contributed by atoms with Gasteiger partial charge in [0.1, 0.15) is 0 Å². The van der Waals surface area contributed by atoms with Gasteiger partial charge < -0.3 is 25.6 Å². The average molecular weight is 540 g/mol. The second-order valence-corrected chi connectivity index (χ2v) is 10.00. The lowest BCUT2D eigenvalue weighted by Gasteiger charge is -2.31. The SMILES string of the molecule is COC(=O)c1ccc2c(c1)NC(=O)/C2=C(\Nc1ccc(NCC(=O)CN2CCN(C)CC2)cc1)c1ccccc1. The second-order valence-electron chi connectivity index (χ2n) is 10.00. The monoisotopic (exact) mass is 539 g/mol. The lowest BCUT2D eigenvalue weighted by molar-refractivity contribution is -0.119. The number of benzene rings is 3. The molecule has 0 aliphatic carbocycles. The molecule has 0 atom stereocenters. The van der Waals surface area contributed by atoms with Crippen molar-refractivity contribution in [2.24, 2.45) is 0 Å². The van der Waals surface area contributed by atoms with E-state index in [1.54, 1.807) is 18.2 Å². The van der Waals surface area contributed by atoms with Crippen molar-refractivity contribution in [3.8, 4) is 0 Å². The molecule has 2 aliphatic heterocycles. The highest BCUT2D eigenvalue weighted by atomic mass is 16.5. The van der Waals surface area contributed by atoms with Gasteiger partial charge in [-0.3, -0.25) is 14.5 Å². The average Bonchev–Trinajstić information content (AvgIpc) is 3.31. The minimum absolute atomic E-state index is 0.157. The molecule has 1 saturated heterocycles. The Labute approximate surface area is 233 Å². The fourth-order valence-corrected chi connectivity index (χ4v) is 4.88. The van der Waals surface area contributed by atoms with E-state index in [1.807, 2.05) is 54.6 Å². The lowest BCUT2D eigenvalue weighted by Crippen LogP contribution is -2.46. The maximum absolute atomic E-state index is 13.2. The number of esters is 1. The third-order valence-corrected chi connectivity index (χ3v) is 7.14. The Morgan fingerprint density at radius 3 is 2.30 bits per heavy atom. The Morgan fingerprint density at radius 1 is 0.900 bits per heavy atom. The van der Waals surface area contributed by atoms with Crippen LogP contribution in [0.3, 0.4) is 0 Å². The van der Waals surface area contributed by atoms with Crippen molar-refractivity contribution >= 4 is 46.0 Å². The van der Waals surface area contributed by atoms with Crippen LogP contribution in [0.5, 0.6) is 0 Å². The first-order valence-corrected chi connectivity index (χ1v) is 13.3. The number of anilines is 3. The van der Waals surface area contributed by atoms with Crippen LogP contribution in [-0.2, 0) is 14.3 Å². The van der Waals surface area contributed by atoms with E-state index in [0.717, 1.165) is 43.1 Å². The Kier molecular flexibility index (Phi) is 8.23. The molecule has 9 nitrogen and oxygen atoms in total. The fraction of sp³-hybridized carbons (Fsp3) is 0.258. The van der Waals surface area contributed by atoms with Crippen LogP contribution in [0.2, 0.25) is 0 Å². The second kappa shape index (κ2) is 12.1. The van der Waals surface area contributed by atoms with Gasteiger partial charge in [0.25, 0.3) is 5.91 Å². The number of hydrogen-bond acceptors (Lipinski definition) is 8. The number of piperazine rings is 1. The van der Waals surface area contributed by atoms with Gasteiger partial charge in [-0.15, -0.1) is 0 Å². The molecule has 3 N–H and O–H groups in total. The van der Waals surface area contributed by atoms with E-state index < -0.39 is 5.97 Å². The third-order valence-electron chi connectivity index (χ3n) is 7.14. The number of Topliss-reactive ketones (excluding diaryl/α,β-unsaturated/α-hetero) is 1. The fourth-order valence-electron chi connectivity index (χ4n) is 4.88. The smallest absolute Gasteiger partial charge is 0.337 e. The summed E-state index contributed by atoms with van der Waals surface area (Å²) in [7, 11) is 3.42. The zero-order chi connectivity index (χ0) is 28.1. The zero-order valence-corrected chi connectivity index (χ0v) is 22.7. The number of amides is 1.